The molecule has 0 heterocycles. The van der Waals surface area contributed by atoms with Gasteiger partial charge in [0.15, 0.2) is 18.1 Å². The van der Waals surface area contributed by atoms with Gasteiger partial charge in [0.25, 0.3) is 5.91 Å². The summed E-state index contributed by atoms with van der Waals surface area (Å²) in [5.74, 6) is -2.06. The van der Waals surface area contributed by atoms with E-state index in [9.17, 15) is 18.4 Å². The molecule has 8 heteroatoms. The van der Waals surface area contributed by atoms with Crippen molar-refractivity contribution in [2.45, 2.75) is 13.8 Å². The third kappa shape index (κ3) is 6.91. The van der Waals surface area contributed by atoms with E-state index in [2.05, 4.69) is 5.32 Å². The van der Waals surface area contributed by atoms with Crippen LogP contribution in [0.1, 0.15) is 19.4 Å². The topological polar surface area (TPSA) is 73.9 Å². The summed E-state index contributed by atoms with van der Waals surface area (Å²) in [4.78, 5) is 23.5. The van der Waals surface area contributed by atoms with Gasteiger partial charge in [-0.1, -0.05) is 6.07 Å². The second-order valence-corrected chi connectivity index (χ2v) is 5.69. The lowest BCUT2D eigenvalue weighted by molar-refractivity contribution is -0.142. The highest BCUT2D eigenvalue weighted by atomic mass is 19.1. The summed E-state index contributed by atoms with van der Waals surface area (Å²) in [7, 11) is 0. The Morgan fingerprint density at radius 1 is 1.00 bits per heavy atom. The van der Waals surface area contributed by atoms with E-state index < -0.39 is 30.1 Å². The Hall–Kier alpha value is -3.42. The summed E-state index contributed by atoms with van der Waals surface area (Å²) < 4.78 is 42.1. The highest BCUT2D eigenvalue weighted by Crippen LogP contribution is 2.29. The van der Waals surface area contributed by atoms with Crippen LogP contribution in [0.5, 0.6) is 11.5 Å². The molecule has 2 rings (SSSR count). The van der Waals surface area contributed by atoms with Crippen LogP contribution >= 0.6 is 0 Å². The number of nitrogens with one attached hydrogen (secondary N) is 1. The average Bonchev–Trinajstić information content (AvgIpc) is 2.69. The molecule has 154 valence electrons. The van der Waals surface area contributed by atoms with Crippen molar-refractivity contribution in [2.75, 3.05) is 25.1 Å². The van der Waals surface area contributed by atoms with Gasteiger partial charge in [0.1, 0.15) is 11.6 Å². The number of rotatable bonds is 9. The van der Waals surface area contributed by atoms with Crippen molar-refractivity contribution in [1.82, 2.24) is 0 Å². The van der Waals surface area contributed by atoms with E-state index in [1.54, 1.807) is 18.2 Å². The maximum atomic E-state index is 13.5. The minimum absolute atomic E-state index is 0.208. The summed E-state index contributed by atoms with van der Waals surface area (Å²) in [5, 5.41) is 2.19. The number of amides is 1. The first-order valence-corrected chi connectivity index (χ1v) is 8.92. The van der Waals surface area contributed by atoms with Crippen molar-refractivity contribution in [3.05, 3.63) is 59.7 Å². The van der Waals surface area contributed by atoms with E-state index in [0.29, 0.717) is 36.3 Å². The lowest BCUT2D eigenvalue weighted by Gasteiger charge is -2.11. The molecule has 2 aromatic rings. The molecule has 0 saturated carbocycles. The number of halogens is 2. The minimum atomic E-state index is -0.926. The largest absolute Gasteiger partial charge is 0.490 e. The zero-order chi connectivity index (χ0) is 21.2. The van der Waals surface area contributed by atoms with E-state index in [1.807, 2.05) is 13.8 Å². The van der Waals surface area contributed by atoms with Crippen molar-refractivity contribution in [3.8, 4) is 11.5 Å². The third-order valence-corrected chi connectivity index (χ3v) is 3.53. The summed E-state index contributed by atoms with van der Waals surface area (Å²) in [5.41, 5.74) is 0.465. The Bertz CT molecular complexity index is 899. The lowest BCUT2D eigenvalue weighted by atomic mass is 10.2. The van der Waals surface area contributed by atoms with Gasteiger partial charge >= 0.3 is 5.97 Å². The van der Waals surface area contributed by atoms with E-state index in [-0.39, 0.29) is 5.69 Å². The fourth-order valence-corrected chi connectivity index (χ4v) is 2.30. The summed E-state index contributed by atoms with van der Waals surface area (Å²) in [6.45, 7) is 4.04. The Kier molecular flexibility index (Phi) is 8.14. The second kappa shape index (κ2) is 10.8. The number of ether oxygens (including phenoxy) is 3. The number of hydrogen-bond donors (Lipinski definition) is 1. The molecule has 0 aliphatic carbocycles. The van der Waals surface area contributed by atoms with Crippen LogP contribution in [-0.4, -0.2) is 31.7 Å². The molecule has 6 nitrogen and oxygen atoms in total. The third-order valence-electron chi connectivity index (χ3n) is 3.53. The van der Waals surface area contributed by atoms with Crippen LogP contribution in [0.25, 0.3) is 6.08 Å². The van der Waals surface area contributed by atoms with Gasteiger partial charge < -0.3 is 19.5 Å². The standard InChI is InChI=1S/C21H21F2NO5/c1-3-27-18-9-5-14(11-19(18)28-4-2)6-10-21(26)29-13-20(25)24-17-8-7-15(22)12-16(17)23/h5-12H,3-4,13H2,1-2H3,(H,24,25)/b10-6+. The zero-order valence-electron chi connectivity index (χ0n) is 16.0. The molecule has 0 atom stereocenters. The molecule has 0 aromatic heterocycles. The van der Waals surface area contributed by atoms with Gasteiger partial charge in [-0.3, -0.25) is 4.79 Å². The number of benzene rings is 2. The predicted molar refractivity (Wildman–Crippen MR) is 104 cm³/mol. The molecular weight excluding hydrogens is 384 g/mol. The van der Waals surface area contributed by atoms with Crippen LogP contribution in [0.15, 0.2) is 42.5 Å². The SMILES string of the molecule is CCOc1ccc(/C=C/C(=O)OCC(=O)Nc2ccc(F)cc2F)cc1OCC. The summed E-state index contributed by atoms with van der Waals surface area (Å²) in [6.07, 6.45) is 2.65. The van der Waals surface area contributed by atoms with Gasteiger partial charge in [0.2, 0.25) is 0 Å². The van der Waals surface area contributed by atoms with Crippen LogP contribution < -0.4 is 14.8 Å². The van der Waals surface area contributed by atoms with E-state index in [4.69, 9.17) is 14.2 Å². The molecule has 29 heavy (non-hydrogen) atoms. The number of carbonyl (C=O) groups excluding carboxylic acids is 2. The van der Waals surface area contributed by atoms with Crippen LogP contribution in [0.3, 0.4) is 0 Å². The van der Waals surface area contributed by atoms with Gasteiger partial charge in [-0.2, -0.15) is 0 Å². The van der Waals surface area contributed by atoms with Gasteiger partial charge in [-0.05, 0) is 49.8 Å². The molecular formula is C21H21F2NO5. The molecule has 0 saturated heterocycles. The highest BCUT2D eigenvalue weighted by molar-refractivity contribution is 5.94. The maximum absolute atomic E-state index is 13.5. The average molecular weight is 405 g/mol. The van der Waals surface area contributed by atoms with Gasteiger partial charge in [-0.15, -0.1) is 0 Å². The van der Waals surface area contributed by atoms with Crippen molar-refractivity contribution < 1.29 is 32.6 Å². The molecule has 0 aliphatic heterocycles. The maximum Gasteiger partial charge on any atom is 0.331 e. The van der Waals surface area contributed by atoms with Crippen LogP contribution in [-0.2, 0) is 14.3 Å². The second-order valence-electron chi connectivity index (χ2n) is 5.69. The monoisotopic (exact) mass is 405 g/mol. The first-order chi connectivity index (χ1) is 13.9. The number of anilines is 1. The normalized spacial score (nSPS) is 10.6. The van der Waals surface area contributed by atoms with Crippen molar-refractivity contribution in [3.63, 3.8) is 0 Å². The number of hydrogen-bond acceptors (Lipinski definition) is 5. The minimum Gasteiger partial charge on any atom is -0.490 e. The number of esters is 1. The van der Waals surface area contributed by atoms with Gasteiger partial charge in [0, 0.05) is 12.1 Å². The van der Waals surface area contributed by atoms with Crippen molar-refractivity contribution >= 4 is 23.6 Å². The zero-order valence-corrected chi connectivity index (χ0v) is 16.0. The molecule has 0 radical (unpaired) electrons. The van der Waals surface area contributed by atoms with Crippen molar-refractivity contribution in [1.29, 1.82) is 0 Å². The fraction of sp³-hybridized carbons (Fsp3) is 0.238. The molecule has 1 amide bonds. The van der Waals surface area contributed by atoms with Gasteiger partial charge in [0.05, 0.1) is 18.9 Å². The van der Waals surface area contributed by atoms with Crippen molar-refractivity contribution in [2.24, 2.45) is 0 Å². The molecule has 2 aromatic carbocycles. The molecule has 0 fully saturated rings. The first kappa shape index (κ1) is 21.9. The van der Waals surface area contributed by atoms with Gasteiger partial charge in [-0.25, -0.2) is 13.6 Å². The van der Waals surface area contributed by atoms with Crippen LogP contribution in [0.2, 0.25) is 0 Å². The Balaban J connectivity index is 1.90. The molecule has 0 bridgehead atoms. The Morgan fingerprint density at radius 3 is 2.41 bits per heavy atom. The fourth-order valence-electron chi connectivity index (χ4n) is 2.30. The first-order valence-electron chi connectivity index (χ1n) is 8.92. The Labute approximate surface area is 167 Å². The number of carbonyl (C=O) groups is 2. The lowest BCUT2D eigenvalue weighted by Crippen LogP contribution is -2.20. The molecule has 0 spiro atoms. The van der Waals surface area contributed by atoms with E-state index in [0.717, 1.165) is 18.2 Å². The Morgan fingerprint density at radius 2 is 1.72 bits per heavy atom. The summed E-state index contributed by atoms with van der Waals surface area (Å²) in [6, 6.07) is 7.89. The highest BCUT2D eigenvalue weighted by Gasteiger charge is 2.10. The summed E-state index contributed by atoms with van der Waals surface area (Å²) >= 11 is 0. The predicted octanol–water partition coefficient (Wildman–Crippen LogP) is 3.96. The van der Waals surface area contributed by atoms with E-state index in [1.165, 1.54) is 6.08 Å². The van der Waals surface area contributed by atoms with Crippen LogP contribution in [0, 0.1) is 11.6 Å². The molecule has 1 N–H and O–H groups in total. The smallest absolute Gasteiger partial charge is 0.331 e. The van der Waals surface area contributed by atoms with E-state index >= 15 is 0 Å². The quantitative estimate of drug-likeness (QED) is 0.505. The molecule has 0 unspecified atom stereocenters. The van der Waals surface area contributed by atoms with Crippen LogP contribution in [0.4, 0.5) is 14.5 Å². The molecule has 0 aliphatic rings.